The number of carboxylic acids is 1. The number of allylic oxidation sites excluding steroid dienone is 5. The first-order valence-corrected chi connectivity index (χ1v) is 12.9. The zero-order chi connectivity index (χ0) is 28.4. The normalized spacial score (nSPS) is 17.8. The number of carbonyl (C=O) groups excluding carboxylic acids is 1. The molecule has 1 atom stereocenters. The monoisotopic (exact) mass is 540 g/mol. The van der Waals surface area contributed by atoms with Crippen molar-refractivity contribution in [1.29, 1.82) is 5.41 Å². The molecule has 1 aliphatic rings. The zero-order valence-corrected chi connectivity index (χ0v) is 21.8. The molecule has 202 valence electrons. The topological polar surface area (TPSA) is 96.3 Å². The van der Waals surface area contributed by atoms with E-state index >= 15 is 8.78 Å². The van der Waals surface area contributed by atoms with Gasteiger partial charge in [0.2, 0.25) is 0 Å². The number of aromatic nitrogens is 1. The molecule has 0 radical (unpaired) electrons. The number of furan rings is 1. The van der Waals surface area contributed by atoms with Gasteiger partial charge in [-0.15, -0.1) is 0 Å². The van der Waals surface area contributed by atoms with Crippen LogP contribution < -0.4 is 0 Å². The van der Waals surface area contributed by atoms with Gasteiger partial charge in [0, 0.05) is 29.0 Å². The van der Waals surface area contributed by atoms with Crippen molar-refractivity contribution < 1.29 is 27.9 Å². The summed E-state index contributed by atoms with van der Waals surface area (Å²) in [4.78, 5) is 26.3. The van der Waals surface area contributed by atoms with Crippen molar-refractivity contribution in [3.63, 3.8) is 0 Å². The number of fused-ring (bicyclic) bond motifs is 3. The van der Waals surface area contributed by atoms with Gasteiger partial charge >= 0.3 is 5.97 Å². The molecule has 0 saturated heterocycles. The lowest BCUT2D eigenvalue weighted by Gasteiger charge is -2.12. The van der Waals surface area contributed by atoms with Crippen LogP contribution in [-0.4, -0.2) is 27.3 Å². The van der Waals surface area contributed by atoms with E-state index in [0.29, 0.717) is 23.8 Å². The molecule has 2 aromatic carbocycles. The first-order valence-electron chi connectivity index (χ1n) is 12.9. The average Bonchev–Trinajstić information content (AvgIpc) is 3.53. The minimum Gasteiger partial charge on any atom is -0.477 e. The van der Waals surface area contributed by atoms with Gasteiger partial charge in [-0.2, -0.15) is 0 Å². The summed E-state index contributed by atoms with van der Waals surface area (Å²) >= 11 is 0. The molecule has 5 rings (SSSR count). The fourth-order valence-electron chi connectivity index (χ4n) is 5.26. The van der Waals surface area contributed by atoms with Crippen molar-refractivity contribution in [1.82, 2.24) is 4.57 Å². The number of nitrogens with zero attached hydrogens (tertiary/aromatic N) is 1. The Balaban J connectivity index is 1.77. The summed E-state index contributed by atoms with van der Waals surface area (Å²) in [5, 5.41) is 17.8. The highest BCUT2D eigenvalue weighted by molar-refractivity contribution is 6.28. The van der Waals surface area contributed by atoms with Crippen LogP contribution in [0.25, 0.3) is 27.4 Å². The second-order valence-corrected chi connectivity index (χ2v) is 9.89. The molecule has 0 saturated carbocycles. The number of rotatable bonds is 6. The van der Waals surface area contributed by atoms with E-state index in [1.807, 2.05) is 18.9 Å². The van der Waals surface area contributed by atoms with E-state index in [1.54, 1.807) is 30.4 Å². The molecule has 8 heteroatoms. The van der Waals surface area contributed by atoms with Crippen LogP contribution in [0.15, 0.2) is 71.0 Å². The average molecular weight is 541 g/mol. The van der Waals surface area contributed by atoms with Crippen molar-refractivity contribution in [2.24, 2.45) is 5.92 Å². The van der Waals surface area contributed by atoms with Crippen molar-refractivity contribution in [3.8, 4) is 0 Å². The summed E-state index contributed by atoms with van der Waals surface area (Å²) < 4.78 is 37.4. The molecule has 0 spiro atoms. The molecule has 6 nitrogen and oxygen atoms in total. The SMILES string of the molecule is C[C@@H]1/C=C\C=C(\c2c(C(=O)O)n(Cc3ccc(CC=C=C=N)cc3F)c3cc(F)c4ccoc4c23)C(=O)CCC1. The molecule has 0 unspecified atom stereocenters. The predicted octanol–water partition coefficient (Wildman–Crippen LogP) is 7.24. The molecule has 1 aliphatic carbocycles. The maximum absolute atomic E-state index is 15.2. The highest BCUT2D eigenvalue weighted by Crippen LogP contribution is 2.40. The third-order valence-electron chi connectivity index (χ3n) is 7.21. The van der Waals surface area contributed by atoms with Gasteiger partial charge in [0.1, 0.15) is 22.9 Å². The number of hydrogen-bond acceptors (Lipinski definition) is 4. The minimum atomic E-state index is -1.34. The Morgan fingerprint density at radius 3 is 2.83 bits per heavy atom. The number of benzene rings is 2. The van der Waals surface area contributed by atoms with Gasteiger partial charge in [-0.25, -0.2) is 13.6 Å². The van der Waals surface area contributed by atoms with Gasteiger partial charge in [0.25, 0.3) is 0 Å². The Labute approximate surface area is 228 Å². The molecular formula is C32H26F2N2O4. The number of carboxylic acid groups (broad SMARTS) is 1. The summed E-state index contributed by atoms with van der Waals surface area (Å²) in [6.45, 7) is 1.82. The van der Waals surface area contributed by atoms with E-state index in [4.69, 9.17) is 9.83 Å². The lowest BCUT2D eigenvalue weighted by molar-refractivity contribution is -0.113. The Morgan fingerprint density at radius 1 is 1.25 bits per heavy atom. The summed E-state index contributed by atoms with van der Waals surface area (Å²) in [7, 11) is 0. The molecule has 2 N–H and O–H groups in total. The second kappa shape index (κ2) is 11.1. The summed E-state index contributed by atoms with van der Waals surface area (Å²) in [5.74, 6) is -0.498. The summed E-state index contributed by atoms with van der Waals surface area (Å²) in [5.41, 5.74) is 3.69. The number of ketones is 1. The molecule has 2 heterocycles. The van der Waals surface area contributed by atoms with Crippen LogP contribution >= 0.6 is 0 Å². The number of nitrogens with one attached hydrogen (secondary N) is 1. The molecule has 0 fully saturated rings. The van der Waals surface area contributed by atoms with Crippen molar-refractivity contribution in [2.75, 3.05) is 0 Å². The third-order valence-corrected chi connectivity index (χ3v) is 7.21. The second-order valence-electron chi connectivity index (χ2n) is 9.89. The zero-order valence-electron chi connectivity index (χ0n) is 21.8. The maximum Gasteiger partial charge on any atom is 0.353 e. The summed E-state index contributed by atoms with van der Waals surface area (Å²) in [6, 6.07) is 7.22. The Hall–Kier alpha value is -4.77. The minimum absolute atomic E-state index is 0.124. The number of aromatic carboxylic acids is 1. The molecule has 0 aliphatic heterocycles. The largest absolute Gasteiger partial charge is 0.477 e. The van der Waals surface area contributed by atoms with Gasteiger partial charge in [-0.05, 0) is 55.0 Å². The Bertz CT molecular complexity index is 1810. The Kier molecular flexibility index (Phi) is 7.47. The quantitative estimate of drug-likeness (QED) is 0.199. The van der Waals surface area contributed by atoms with Crippen molar-refractivity contribution >= 4 is 45.1 Å². The predicted molar refractivity (Wildman–Crippen MR) is 149 cm³/mol. The maximum atomic E-state index is 15.2. The van der Waals surface area contributed by atoms with Crippen LogP contribution in [0.1, 0.15) is 53.4 Å². The van der Waals surface area contributed by atoms with Gasteiger partial charge in [0.15, 0.2) is 5.78 Å². The first-order chi connectivity index (χ1) is 19.3. The van der Waals surface area contributed by atoms with Gasteiger partial charge in [-0.3, -0.25) is 10.2 Å². The number of hydrogen-bond donors (Lipinski definition) is 2. The molecular weight excluding hydrogens is 514 g/mol. The Morgan fingerprint density at radius 2 is 2.08 bits per heavy atom. The van der Waals surface area contributed by atoms with Crippen LogP contribution in [0.4, 0.5) is 8.78 Å². The number of Topliss-reactive ketones (excluding diaryl/α,β-unsaturated/α-hetero) is 1. The molecule has 0 amide bonds. The highest BCUT2D eigenvalue weighted by Gasteiger charge is 2.31. The van der Waals surface area contributed by atoms with Crippen molar-refractivity contribution in [3.05, 3.63) is 101 Å². The first kappa shape index (κ1) is 26.8. The molecule has 0 bridgehead atoms. The van der Waals surface area contributed by atoms with Gasteiger partial charge in [0.05, 0.1) is 29.1 Å². The van der Waals surface area contributed by atoms with E-state index < -0.39 is 17.6 Å². The van der Waals surface area contributed by atoms with E-state index in [1.165, 1.54) is 29.0 Å². The van der Waals surface area contributed by atoms with Crippen molar-refractivity contribution in [2.45, 2.75) is 39.2 Å². The fourth-order valence-corrected chi connectivity index (χ4v) is 5.26. The van der Waals surface area contributed by atoms with Crippen LogP contribution in [0.3, 0.4) is 0 Å². The third kappa shape index (κ3) is 4.98. The summed E-state index contributed by atoms with van der Waals surface area (Å²) in [6.07, 6.45) is 10.2. The number of halogens is 2. The van der Waals surface area contributed by atoms with E-state index in [-0.39, 0.29) is 63.5 Å². The van der Waals surface area contributed by atoms with Gasteiger partial charge < -0.3 is 14.1 Å². The van der Waals surface area contributed by atoms with E-state index in [0.717, 1.165) is 6.42 Å². The van der Waals surface area contributed by atoms with Crippen LogP contribution in [0, 0.1) is 23.0 Å². The highest BCUT2D eigenvalue weighted by atomic mass is 19.1. The lowest BCUT2D eigenvalue weighted by atomic mass is 9.94. The molecule has 4 aromatic rings. The molecule has 40 heavy (non-hydrogen) atoms. The smallest absolute Gasteiger partial charge is 0.353 e. The van der Waals surface area contributed by atoms with Crippen LogP contribution in [0.2, 0.25) is 0 Å². The van der Waals surface area contributed by atoms with Gasteiger partial charge in [-0.1, -0.05) is 43.0 Å². The van der Waals surface area contributed by atoms with Crippen LogP contribution in [0.5, 0.6) is 0 Å². The van der Waals surface area contributed by atoms with E-state index in [2.05, 4.69) is 5.73 Å². The molecule has 2 aromatic heterocycles. The lowest BCUT2D eigenvalue weighted by Crippen LogP contribution is -2.14. The van der Waals surface area contributed by atoms with E-state index in [9.17, 15) is 14.7 Å². The number of carbonyl (C=O) groups is 2. The van der Waals surface area contributed by atoms with Crippen LogP contribution in [-0.2, 0) is 17.8 Å². The standard InChI is InChI=1S/C32H26F2N2O4/c1-19-6-4-9-23(27(37)10-5-7-19)28-29-26(17-25(34)22-13-15-40-31(22)29)36(30(28)32(38)39)18-21-12-11-20(16-24(21)33)8-2-3-14-35/h2,4,6,9,11-13,15-17,19,35H,5,7-8,10,18H2,1H3,(H,38,39)/b6-4-,23-9+/t19-/m1/s1. The fraction of sp³-hybridized carbons (Fsp3) is 0.219.